The molecule has 78 valence electrons. The van der Waals surface area contributed by atoms with Crippen LogP contribution >= 0.6 is 34.9 Å². The van der Waals surface area contributed by atoms with Crippen molar-refractivity contribution >= 4 is 40.8 Å². The number of rotatable bonds is 2. The summed E-state index contributed by atoms with van der Waals surface area (Å²) in [6, 6.07) is 0. The molecule has 2 aromatic rings. The van der Waals surface area contributed by atoms with Gasteiger partial charge in [-0.3, -0.25) is 0 Å². The molecule has 0 aliphatic carbocycles. The number of nitrogens with two attached hydrogens (primary N) is 1. The molecule has 0 atom stereocenters. The fraction of sp³-hybridized carbons (Fsp3) is 0.167. The Hall–Kier alpha value is -0.990. The van der Waals surface area contributed by atoms with Crippen molar-refractivity contribution < 1.29 is 0 Å². The van der Waals surface area contributed by atoms with Crippen molar-refractivity contribution in [2.75, 3.05) is 5.73 Å². The molecule has 0 aromatic carbocycles. The maximum atomic E-state index is 5.63. The smallest absolute Gasteiger partial charge is 0.228 e. The summed E-state index contributed by atoms with van der Waals surface area (Å²) in [5, 5.41) is 0.495. The fourth-order valence-electron chi connectivity index (χ4n) is 0.790. The van der Waals surface area contributed by atoms with E-state index >= 15 is 0 Å². The second-order valence-electron chi connectivity index (χ2n) is 2.45. The van der Waals surface area contributed by atoms with E-state index in [4.69, 9.17) is 17.3 Å². The van der Waals surface area contributed by atoms with Crippen molar-refractivity contribution in [2.45, 2.75) is 16.4 Å². The quantitative estimate of drug-likeness (QED) is 0.873. The maximum absolute atomic E-state index is 5.63. The van der Waals surface area contributed by atoms with E-state index in [1.54, 1.807) is 0 Å². The molecule has 0 unspecified atom stereocenters. The van der Waals surface area contributed by atoms with E-state index in [0.717, 1.165) is 10.2 Å². The Bertz CT molecular complexity index is 466. The van der Waals surface area contributed by atoms with Crippen molar-refractivity contribution in [1.29, 1.82) is 0 Å². The van der Waals surface area contributed by atoms with Gasteiger partial charge in [0.05, 0.1) is 0 Å². The van der Waals surface area contributed by atoms with Gasteiger partial charge in [-0.25, -0.2) is 4.98 Å². The molecule has 0 spiro atoms. The zero-order valence-corrected chi connectivity index (χ0v) is 9.90. The van der Waals surface area contributed by atoms with Gasteiger partial charge in [0.25, 0.3) is 0 Å². The molecule has 0 fully saturated rings. The molecule has 0 aliphatic rings. The third-order valence-corrected chi connectivity index (χ3v) is 3.17. The molecule has 0 saturated carbocycles. The Morgan fingerprint density at radius 3 is 2.67 bits per heavy atom. The van der Waals surface area contributed by atoms with Crippen LogP contribution in [0.3, 0.4) is 0 Å². The summed E-state index contributed by atoms with van der Waals surface area (Å²) in [5.74, 6) is 0.814. The predicted molar refractivity (Wildman–Crippen MR) is 58.0 cm³/mol. The normalized spacial score (nSPS) is 10.5. The summed E-state index contributed by atoms with van der Waals surface area (Å²) in [7, 11) is 0. The Morgan fingerprint density at radius 2 is 2.07 bits per heavy atom. The average molecular weight is 261 g/mol. The van der Waals surface area contributed by atoms with Gasteiger partial charge in [0.15, 0.2) is 4.34 Å². The highest BCUT2D eigenvalue weighted by Gasteiger charge is 2.08. The van der Waals surface area contributed by atoms with Gasteiger partial charge in [0.1, 0.15) is 5.82 Å². The molecular formula is C6H5ClN6S2. The molecule has 2 aromatic heterocycles. The highest BCUT2D eigenvalue weighted by atomic mass is 35.5. The second-order valence-corrected chi connectivity index (χ2v) is 4.76. The van der Waals surface area contributed by atoms with Crippen LogP contribution in [0.15, 0.2) is 9.50 Å². The van der Waals surface area contributed by atoms with Gasteiger partial charge in [-0.05, 0) is 41.8 Å². The van der Waals surface area contributed by atoms with E-state index in [9.17, 15) is 0 Å². The van der Waals surface area contributed by atoms with E-state index in [1.165, 1.54) is 23.3 Å². The Balaban J connectivity index is 2.24. The monoisotopic (exact) mass is 260 g/mol. The lowest BCUT2D eigenvalue weighted by molar-refractivity contribution is 0.915. The van der Waals surface area contributed by atoms with Gasteiger partial charge in [-0.2, -0.15) is 19.3 Å². The fourth-order valence-corrected chi connectivity index (χ4v) is 2.52. The first-order chi connectivity index (χ1) is 7.13. The minimum absolute atomic E-state index is 0.0752. The third kappa shape index (κ3) is 2.74. The van der Waals surface area contributed by atoms with Gasteiger partial charge in [0.2, 0.25) is 16.4 Å². The number of hydrogen-bond donors (Lipinski definition) is 1. The minimum Gasteiger partial charge on any atom is -0.368 e. The molecule has 2 rings (SSSR count). The molecular weight excluding hydrogens is 256 g/mol. The standard InChI is InChI=1S/C6H5ClN6S2/c1-2-9-6(15-13-2)14-5-11-3(7)10-4(8)12-5/h1H3,(H2,8,10,11,12). The highest BCUT2D eigenvalue weighted by Crippen LogP contribution is 2.26. The maximum Gasteiger partial charge on any atom is 0.228 e. The average Bonchev–Trinajstić information content (AvgIpc) is 2.49. The number of halogens is 1. The van der Waals surface area contributed by atoms with Crippen molar-refractivity contribution in [3.63, 3.8) is 0 Å². The first kappa shape index (κ1) is 10.5. The van der Waals surface area contributed by atoms with Crippen LogP contribution in [0, 0.1) is 6.92 Å². The summed E-state index contributed by atoms with van der Waals surface area (Å²) in [4.78, 5) is 15.6. The molecule has 0 bridgehead atoms. The molecule has 2 N–H and O–H groups in total. The van der Waals surface area contributed by atoms with Crippen LogP contribution in [-0.4, -0.2) is 24.3 Å². The molecule has 0 radical (unpaired) electrons. The third-order valence-electron chi connectivity index (χ3n) is 1.29. The first-order valence-electron chi connectivity index (χ1n) is 3.79. The van der Waals surface area contributed by atoms with Crippen LogP contribution in [-0.2, 0) is 0 Å². The Labute approximate surface area is 98.5 Å². The molecule has 0 amide bonds. The second kappa shape index (κ2) is 4.25. The molecule has 2 heterocycles. The number of aryl methyl sites for hydroxylation is 1. The van der Waals surface area contributed by atoms with Gasteiger partial charge >= 0.3 is 0 Å². The highest BCUT2D eigenvalue weighted by molar-refractivity contribution is 8.00. The lowest BCUT2D eigenvalue weighted by Gasteiger charge is -1.96. The topological polar surface area (TPSA) is 90.5 Å². The van der Waals surface area contributed by atoms with Gasteiger partial charge in [-0.15, -0.1) is 0 Å². The first-order valence-corrected chi connectivity index (χ1v) is 5.75. The molecule has 9 heteroatoms. The van der Waals surface area contributed by atoms with E-state index in [-0.39, 0.29) is 11.2 Å². The van der Waals surface area contributed by atoms with E-state index in [2.05, 4.69) is 24.3 Å². The van der Waals surface area contributed by atoms with Crippen molar-refractivity contribution in [2.24, 2.45) is 0 Å². The van der Waals surface area contributed by atoms with Crippen LogP contribution in [0.5, 0.6) is 0 Å². The number of nitrogens with zero attached hydrogens (tertiary/aromatic N) is 5. The summed E-state index contributed by atoms with van der Waals surface area (Å²) >= 11 is 8.16. The van der Waals surface area contributed by atoms with Crippen LogP contribution < -0.4 is 5.73 Å². The molecule has 6 nitrogen and oxygen atoms in total. The summed E-state index contributed by atoms with van der Waals surface area (Å²) in [5.41, 5.74) is 5.43. The van der Waals surface area contributed by atoms with Crippen LogP contribution in [0.25, 0.3) is 0 Å². The van der Waals surface area contributed by atoms with Gasteiger partial charge < -0.3 is 5.73 Å². The minimum atomic E-state index is 0.0752. The molecule has 0 saturated heterocycles. The van der Waals surface area contributed by atoms with Gasteiger partial charge in [0, 0.05) is 0 Å². The van der Waals surface area contributed by atoms with E-state index < -0.39 is 0 Å². The Kier molecular flexibility index (Phi) is 2.98. The van der Waals surface area contributed by atoms with Crippen molar-refractivity contribution in [3.8, 4) is 0 Å². The van der Waals surface area contributed by atoms with Crippen molar-refractivity contribution in [1.82, 2.24) is 24.3 Å². The van der Waals surface area contributed by atoms with Crippen LogP contribution in [0.2, 0.25) is 5.28 Å². The lowest BCUT2D eigenvalue weighted by Crippen LogP contribution is -1.98. The SMILES string of the molecule is Cc1nsc(Sc2nc(N)nc(Cl)n2)n1. The summed E-state index contributed by atoms with van der Waals surface area (Å²) < 4.78 is 4.78. The lowest BCUT2D eigenvalue weighted by atomic mass is 10.8. The van der Waals surface area contributed by atoms with Crippen LogP contribution in [0.1, 0.15) is 5.82 Å². The zero-order valence-electron chi connectivity index (χ0n) is 7.51. The van der Waals surface area contributed by atoms with E-state index in [1.807, 2.05) is 6.92 Å². The van der Waals surface area contributed by atoms with Gasteiger partial charge in [-0.1, -0.05) is 0 Å². The molecule has 0 aliphatic heterocycles. The number of hydrogen-bond acceptors (Lipinski definition) is 8. The Morgan fingerprint density at radius 1 is 1.27 bits per heavy atom. The van der Waals surface area contributed by atoms with Crippen molar-refractivity contribution in [3.05, 3.63) is 11.1 Å². The van der Waals surface area contributed by atoms with E-state index in [0.29, 0.717) is 5.16 Å². The summed E-state index contributed by atoms with van der Waals surface area (Å²) in [6.07, 6.45) is 0. The largest absolute Gasteiger partial charge is 0.368 e. The molecule has 15 heavy (non-hydrogen) atoms. The number of anilines is 1. The summed E-state index contributed by atoms with van der Waals surface area (Å²) in [6.45, 7) is 1.81. The van der Waals surface area contributed by atoms with Crippen LogP contribution in [0.4, 0.5) is 5.95 Å². The number of aromatic nitrogens is 5. The zero-order chi connectivity index (χ0) is 10.8. The predicted octanol–water partition coefficient (Wildman–Crippen LogP) is 1.42. The number of nitrogen functional groups attached to an aromatic ring is 1.